The molecule has 1 aliphatic heterocycles. The summed E-state index contributed by atoms with van der Waals surface area (Å²) in [5.74, 6) is 0.0271. The van der Waals surface area contributed by atoms with Gasteiger partial charge in [-0.2, -0.15) is 0 Å². The van der Waals surface area contributed by atoms with Gasteiger partial charge in [-0.15, -0.1) is 0 Å². The second-order valence-electron chi connectivity index (χ2n) is 4.25. The Kier molecular flexibility index (Phi) is 2.73. The number of carbonyl (C=O) groups is 1. The molecule has 1 amide bonds. The van der Waals surface area contributed by atoms with Crippen LogP contribution in [-0.4, -0.2) is 30.9 Å². The zero-order valence-corrected chi connectivity index (χ0v) is 8.89. The van der Waals surface area contributed by atoms with E-state index in [-0.39, 0.29) is 17.7 Å². The maximum absolute atomic E-state index is 11.3. The third-order valence-corrected chi connectivity index (χ3v) is 3.10. The summed E-state index contributed by atoms with van der Waals surface area (Å²) < 4.78 is 0. The van der Waals surface area contributed by atoms with Crippen LogP contribution < -0.4 is 5.73 Å². The molecule has 3 heteroatoms. The fraction of sp³-hybridized carbons (Fsp3) is 0.417. The van der Waals surface area contributed by atoms with Gasteiger partial charge >= 0.3 is 0 Å². The number of carbonyl (C=O) groups excluding carboxylic acids is 1. The maximum atomic E-state index is 11.3. The molecule has 1 aromatic rings. The third-order valence-electron chi connectivity index (χ3n) is 3.10. The minimum Gasteiger partial charge on any atom is -0.369 e. The molecule has 0 aliphatic carbocycles. The molecule has 0 radical (unpaired) electrons. The van der Waals surface area contributed by atoms with Crippen molar-refractivity contribution < 1.29 is 4.79 Å². The van der Waals surface area contributed by atoms with E-state index in [9.17, 15) is 4.79 Å². The van der Waals surface area contributed by atoms with E-state index in [0.29, 0.717) is 0 Å². The molecule has 1 fully saturated rings. The minimum atomic E-state index is -0.187. The number of hydrogen-bond donors (Lipinski definition) is 1. The number of primary amides is 1. The highest BCUT2D eigenvalue weighted by Gasteiger charge is 2.35. The lowest BCUT2D eigenvalue weighted by atomic mass is 9.89. The van der Waals surface area contributed by atoms with Gasteiger partial charge in [0.1, 0.15) is 0 Å². The first kappa shape index (κ1) is 10.2. The lowest BCUT2D eigenvalue weighted by molar-refractivity contribution is -0.121. The Morgan fingerprint density at radius 1 is 1.33 bits per heavy atom. The average Bonchev–Trinajstić information content (AvgIpc) is 2.62. The zero-order valence-electron chi connectivity index (χ0n) is 8.89. The van der Waals surface area contributed by atoms with Crippen LogP contribution in [0.1, 0.15) is 11.5 Å². The van der Waals surface area contributed by atoms with Crippen LogP contribution in [-0.2, 0) is 4.79 Å². The number of amides is 1. The molecule has 80 valence electrons. The van der Waals surface area contributed by atoms with Crippen molar-refractivity contribution in [3.8, 4) is 0 Å². The van der Waals surface area contributed by atoms with Gasteiger partial charge in [0.15, 0.2) is 0 Å². The summed E-state index contributed by atoms with van der Waals surface area (Å²) in [6, 6.07) is 10.1. The van der Waals surface area contributed by atoms with Gasteiger partial charge in [0.05, 0.1) is 5.92 Å². The number of hydrogen-bond acceptors (Lipinski definition) is 2. The Morgan fingerprint density at radius 2 is 2.00 bits per heavy atom. The zero-order chi connectivity index (χ0) is 10.8. The Bertz CT molecular complexity index is 350. The van der Waals surface area contributed by atoms with Crippen LogP contribution in [0.2, 0.25) is 0 Å². The highest BCUT2D eigenvalue weighted by atomic mass is 16.1. The van der Waals surface area contributed by atoms with Gasteiger partial charge < -0.3 is 10.6 Å². The molecule has 1 heterocycles. The van der Waals surface area contributed by atoms with Gasteiger partial charge in [0.2, 0.25) is 5.91 Å². The lowest BCUT2D eigenvalue weighted by Gasteiger charge is -2.15. The van der Waals surface area contributed by atoms with E-state index in [2.05, 4.69) is 17.0 Å². The summed E-state index contributed by atoms with van der Waals surface area (Å²) >= 11 is 0. The average molecular weight is 204 g/mol. The van der Waals surface area contributed by atoms with Crippen molar-refractivity contribution in [3.05, 3.63) is 35.9 Å². The molecule has 1 aliphatic rings. The van der Waals surface area contributed by atoms with Gasteiger partial charge in [-0.1, -0.05) is 30.3 Å². The first-order valence-electron chi connectivity index (χ1n) is 5.21. The Labute approximate surface area is 89.9 Å². The molecule has 0 bridgehead atoms. The molecule has 0 aromatic heterocycles. The predicted molar refractivity (Wildman–Crippen MR) is 59.4 cm³/mol. The number of benzene rings is 1. The van der Waals surface area contributed by atoms with Crippen LogP contribution in [0.4, 0.5) is 0 Å². The normalized spacial score (nSPS) is 26.7. The van der Waals surface area contributed by atoms with Crippen LogP contribution in [0.15, 0.2) is 30.3 Å². The molecule has 0 spiro atoms. The molecule has 3 nitrogen and oxygen atoms in total. The number of rotatable bonds is 2. The third kappa shape index (κ3) is 2.02. The largest absolute Gasteiger partial charge is 0.369 e. The summed E-state index contributed by atoms with van der Waals surface area (Å²) in [5, 5.41) is 0. The molecule has 2 unspecified atom stereocenters. The van der Waals surface area contributed by atoms with E-state index >= 15 is 0 Å². The van der Waals surface area contributed by atoms with Gasteiger partial charge in [-0.25, -0.2) is 0 Å². The second-order valence-corrected chi connectivity index (χ2v) is 4.25. The highest BCUT2D eigenvalue weighted by Crippen LogP contribution is 2.31. The van der Waals surface area contributed by atoms with Crippen LogP contribution in [0.3, 0.4) is 0 Å². The predicted octanol–water partition coefficient (Wildman–Crippen LogP) is 0.817. The molecule has 1 aromatic carbocycles. The van der Waals surface area contributed by atoms with Crippen molar-refractivity contribution >= 4 is 5.91 Å². The summed E-state index contributed by atoms with van der Waals surface area (Å²) in [7, 11) is 2.03. The molecule has 2 N–H and O–H groups in total. The maximum Gasteiger partial charge on any atom is 0.222 e. The van der Waals surface area contributed by atoms with E-state index in [1.807, 2.05) is 25.2 Å². The number of nitrogens with two attached hydrogens (primary N) is 1. The van der Waals surface area contributed by atoms with Crippen molar-refractivity contribution in [2.75, 3.05) is 20.1 Å². The highest BCUT2D eigenvalue weighted by molar-refractivity contribution is 5.78. The van der Waals surface area contributed by atoms with Gasteiger partial charge in [0.25, 0.3) is 0 Å². The van der Waals surface area contributed by atoms with Crippen molar-refractivity contribution in [1.82, 2.24) is 4.90 Å². The van der Waals surface area contributed by atoms with E-state index in [4.69, 9.17) is 5.73 Å². The Morgan fingerprint density at radius 3 is 2.60 bits per heavy atom. The minimum absolute atomic E-state index is 0.0441. The van der Waals surface area contributed by atoms with Crippen molar-refractivity contribution in [2.24, 2.45) is 11.7 Å². The summed E-state index contributed by atoms with van der Waals surface area (Å²) in [6.07, 6.45) is 0. The van der Waals surface area contributed by atoms with E-state index < -0.39 is 0 Å². The van der Waals surface area contributed by atoms with E-state index in [1.54, 1.807) is 0 Å². The fourth-order valence-corrected chi connectivity index (χ4v) is 2.33. The fourth-order valence-electron chi connectivity index (χ4n) is 2.33. The first-order valence-corrected chi connectivity index (χ1v) is 5.21. The SMILES string of the molecule is CN1CC(C(N)=O)C(c2ccccc2)C1. The molecule has 2 rings (SSSR count). The van der Waals surface area contributed by atoms with E-state index in [0.717, 1.165) is 13.1 Å². The summed E-state index contributed by atoms with van der Waals surface area (Å²) in [6.45, 7) is 1.69. The molecule has 1 saturated heterocycles. The Balaban J connectivity index is 2.24. The summed E-state index contributed by atoms with van der Waals surface area (Å²) in [4.78, 5) is 13.5. The lowest BCUT2D eigenvalue weighted by Crippen LogP contribution is -2.28. The quantitative estimate of drug-likeness (QED) is 0.775. The van der Waals surface area contributed by atoms with Crippen LogP contribution in [0, 0.1) is 5.92 Å². The number of nitrogens with zero attached hydrogens (tertiary/aromatic N) is 1. The molecular formula is C12H16N2O. The first-order chi connectivity index (χ1) is 7.18. The van der Waals surface area contributed by atoms with Crippen LogP contribution in [0.5, 0.6) is 0 Å². The van der Waals surface area contributed by atoms with E-state index in [1.165, 1.54) is 5.56 Å². The van der Waals surface area contributed by atoms with Gasteiger partial charge in [-0.05, 0) is 12.6 Å². The van der Waals surface area contributed by atoms with Crippen molar-refractivity contribution in [2.45, 2.75) is 5.92 Å². The standard InChI is InChI=1S/C12H16N2O/c1-14-7-10(11(8-14)12(13)15)9-5-3-2-4-6-9/h2-6,10-11H,7-8H2,1H3,(H2,13,15). The monoisotopic (exact) mass is 204 g/mol. The van der Waals surface area contributed by atoms with Crippen molar-refractivity contribution in [3.63, 3.8) is 0 Å². The summed E-state index contributed by atoms with van der Waals surface area (Å²) in [5.41, 5.74) is 6.64. The molecule has 2 atom stereocenters. The number of likely N-dealkylation sites (tertiary alicyclic amines) is 1. The Hall–Kier alpha value is -1.35. The number of likely N-dealkylation sites (N-methyl/N-ethyl adjacent to an activating group) is 1. The molecule has 15 heavy (non-hydrogen) atoms. The van der Waals surface area contributed by atoms with Crippen LogP contribution >= 0.6 is 0 Å². The second kappa shape index (κ2) is 4.03. The van der Waals surface area contributed by atoms with Crippen molar-refractivity contribution in [1.29, 1.82) is 0 Å². The molecular weight excluding hydrogens is 188 g/mol. The van der Waals surface area contributed by atoms with Gasteiger partial charge in [-0.3, -0.25) is 4.79 Å². The van der Waals surface area contributed by atoms with Crippen LogP contribution in [0.25, 0.3) is 0 Å². The smallest absolute Gasteiger partial charge is 0.222 e. The topological polar surface area (TPSA) is 46.3 Å². The van der Waals surface area contributed by atoms with Gasteiger partial charge in [0, 0.05) is 19.0 Å². The molecule has 0 saturated carbocycles.